The molecule has 3 aromatic rings. The van der Waals surface area contributed by atoms with Crippen LogP contribution < -0.4 is 5.32 Å². The second-order valence-corrected chi connectivity index (χ2v) is 7.22. The lowest BCUT2D eigenvalue weighted by Crippen LogP contribution is -2.34. The highest BCUT2D eigenvalue weighted by Crippen LogP contribution is 2.44. The Hall–Kier alpha value is -3.66. The van der Waals surface area contributed by atoms with E-state index in [4.69, 9.17) is 4.74 Å². The zero-order chi connectivity index (χ0) is 20.9. The van der Waals surface area contributed by atoms with Crippen LogP contribution in [0.15, 0.2) is 91.0 Å². The van der Waals surface area contributed by atoms with Gasteiger partial charge in [0.2, 0.25) is 0 Å². The van der Waals surface area contributed by atoms with Gasteiger partial charge in [-0.2, -0.15) is 0 Å². The SMILES string of the molecule is C/C=C/C(=O)[C@H](NC(=O)OCC1c2ccccc2-c2ccccc21)c1ccccc1. The van der Waals surface area contributed by atoms with Crippen molar-refractivity contribution in [2.45, 2.75) is 18.9 Å². The molecule has 4 rings (SSSR count). The number of nitrogens with one attached hydrogen (secondary N) is 1. The van der Waals surface area contributed by atoms with E-state index in [1.807, 2.05) is 54.6 Å². The largest absolute Gasteiger partial charge is 0.449 e. The highest BCUT2D eigenvalue weighted by molar-refractivity contribution is 5.96. The Morgan fingerprint density at radius 1 is 0.900 bits per heavy atom. The van der Waals surface area contributed by atoms with E-state index in [0.717, 1.165) is 11.1 Å². The average Bonchev–Trinajstić information content (AvgIpc) is 3.10. The first kappa shape index (κ1) is 19.6. The third-order valence-corrected chi connectivity index (χ3v) is 5.35. The smallest absolute Gasteiger partial charge is 0.408 e. The number of alkyl carbamates (subject to hydrolysis) is 1. The number of amides is 1. The summed E-state index contributed by atoms with van der Waals surface area (Å²) in [6.45, 7) is 1.98. The molecule has 0 fully saturated rings. The number of ketones is 1. The van der Waals surface area contributed by atoms with Crippen molar-refractivity contribution in [2.75, 3.05) is 6.61 Å². The van der Waals surface area contributed by atoms with Crippen LogP contribution in [0.1, 0.15) is 35.6 Å². The molecule has 1 amide bonds. The molecule has 0 unspecified atom stereocenters. The summed E-state index contributed by atoms with van der Waals surface area (Å²) in [5.41, 5.74) is 5.36. The van der Waals surface area contributed by atoms with E-state index in [1.54, 1.807) is 13.0 Å². The van der Waals surface area contributed by atoms with Crippen molar-refractivity contribution in [3.8, 4) is 11.1 Å². The van der Waals surface area contributed by atoms with E-state index < -0.39 is 12.1 Å². The molecule has 0 saturated carbocycles. The molecule has 1 N–H and O–H groups in total. The number of allylic oxidation sites excluding steroid dienone is 1. The van der Waals surface area contributed by atoms with E-state index in [1.165, 1.54) is 17.2 Å². The maximum absolute atomic E-state index is 12.6. The van der Waals surface area contributed by atoms with Gasteiger partial charge < -0.3 is 10.1 Å². The fraction of sp³-hybridized carbons (Fsp3) is 0.154. The number of hydrogen-bond acceptors (Lipinski definition) is 3. The van der Waals surface area contributed by atoms with E-state index in [0.29, 0.717) is 5.56 Å². The molecular weight excluding hydrogens is 374 g/mol. The summed E-state index contributed by atoms with van der Waals surface area (Å²) in [5.74, 6) is -0.221. The second kappa shape index (κ2) is 8.78. The van der Waals surface area contributed by atoms with Gasteiger partial charge in [-0.15, -0.1) is 0 Å². The van der Waals surface area contributed by atoms with Gasteiger partial charge in [-0.25, -0.2) is 4.79 Å². The van der Waals surface area contributed by atoms with E-state index in [-0.39, 0.29) is 18.3 Å². The third kappa shape index (κ3) is 3.90. The van der Waals surface area contributed by atoms with E-state index in [2.05, 4.69) is 29.6 Å². The van der Waals surface area contributed by atoms with Crippen molar-refractivity contribution in [1.82, 2.24) is 5.32 Å². The zero-order valence-corrected chi connectivity index (χ0v) is 16.7. The van der Waals surface area contributed by atoms with Gasteiger partial charge in [0, 0.05) is 5.92 Å². The molecule has 1 aliphatic rings. The van der Waals surface area contributed by atoms with Crippen molar-refractivity contribution in [1.29, 1.82) is 0 Å². The summed E-state index contributed by atoms with van der Waals surface area (Å²) in [4.78, 5) is 25.1. The van der Waals surface area contributed by atoms with Crippen LogP contribution in [0.4, 0.5) is 4.79 Å². The number of ether oxygens (including phenoxy) is 1. The maximum Gasteiger partial charge on any atom is 0.408 e. The first-order chi connectivity index (χ1) is 14.7. The molecule has 0 saturated heterocycles. The molecule has 4 nitrogen and oxygen atoms in total. The zero-order valence-electron chi connectivity index (χ0n) is 16.7. The number of fused-ring (bicyclic) bond motifs is 3. The van der Waals surface area contributed by atoms with E-state index >= 15 is 0 Å². The second-order valence-electron chi connectivity index (χ2n) is 7.22. The molecule has 0 heterocycles. The van der Waals surface area contributed by atoms with Gasteiger partial charge in [0.05, 0.1) is 0 Å². The van der Waals surface area contributed by atoms with Crippen molar-refractivity contribution in [3.05, 3.63) is 108 Å². The first-order valence-electron chi connectivity index (χ1n) is 10.0. The molecule has 4 heteroatoms. The summed E-state index contributed by atoms with van der Waals surface area (Å²) in [6.07, 6.45) is 2.52. The lowest BCUT2D eigenvalue weighted by Gasteiger charge is -2.18. The molecular formula is C26H23NO3. The molecule has 1 atom stereocenters. The lowest BCUT2D eigenvalue weighted by molar-refractivity contribution is -0.116. The highest BCUT2D eigenvalue weighted by atomic mass is 16.5. The van der Waals surface area contributed by atoms with E-state index in [9.17, 15) is 9.59 Å². The van der Waals surface area contributed by atoms with Crippen LogP contribution in [0.2, 0.25) is 0 Å². The maximum atomic E-state index is 12.6. The molecule has 1 aliphatic carbocycles. The van der Waals surface area contributed by atoms with Gasteiger partial charge in [0.25, 0.3) is 0 Å². The molecule has 0 bridgehead atoms. The number of carbonyl (C=O) groups excluding carboxylic acids is 2. The Kier molecular flexibility index (Phi) is 5.75. The third-order valence-electron chi connectivity index (χ3n) is 5.35. The van der Waals surface area contributed by atoms with Gasteiger partial charge in [-0.1, -0.05) is 84.9 Å². The topological polar surface area (TPSA) is 55.4 Å². The average molecular weight is 397 g/mol. The Morgan fingerprint density at radius 2 is 1.47 bits per heavy atom. The molecule has 0 spiro atoms. The number of rotatable bonds is 6. The van der Waals surface area contributed by atoms with Crippen LogP contribution in [0.25, 0.3) is 11.1 Å². The predicted molar refractivity (Wildman–Crippen MR) is 117 cm³/mol. The molecule has 0 aromatic heterocycles. The summed E-state index contributed by atoms with van der Waals surface area (Å²) >= 11 is 0. The quantitative estimate of drug-likeness (QED) is 0.566. The molecule has 0 aliphatic heterocycles. The van der Waals surface area contributed by atoms with Crippen molar-refractivity contribution < 1.29 is 14.3 Å². The number of hydrogen-bond donors (Lipinski definition) is 1. The standard InChI is InChI=1S/C26H23NO3/c1-2-10-24(28)25(18-11-4-3-5-12-18)27-26(29)30-17-23-21-15-8-6-13-19(21)20-14-7-9-16-22(20)23/h2-16,23,25H,17H2,1H3,(H,27,29)/b10-2+/t25-/m1/s1. The van der Waals surface area contributed by atoms with Crippen LogP contribution in [-0.2, 0) is 9.53 Å². The van der Waals surface area contributed by atoms with Crippen LogP contribution in [0.3, 0.4) is 0 Å². The van der Waals surface area contributed by atoms with Gasteiger partial charge in [-0.3, -0.25) is 4.79 Å². The van der Waals surface area contributed by atoms with Crippen molar-refractivity contribution in [3.63, 3.8) is 0 Å². The van der Waals surface area contributed by atoms with Crippen molar-refractivity contribution >= 4 is 11.9 Å². The number of benzene rings is 3. The molecule has 3 aromatic carbocycles. The van der Waals surface area contributed by atoms with Crippen LogP contribution in [0.5, 0.6) is 0 Å². The Balaban J connectivity index is 1.50. The Bertz CT molecular complexity index is 1040. The monoisotopic (exact) mass is 397 g/mol. The summed E-state index contributed by atoms with van der Waals surface area (Å²) in [5, 5.41) is 2.73. The predicted octanol–water partition coefficient (Wildman–Crippen LogP) is 5.41. The van der Waals surface area contributed by atoms with Gasteiger partial charge in [0.15, 0.2) is 5.78 Å². The minimum absolute atomic E-state index is 0.0236. The lowest BCUT2D eigenvalue weighted by atomic mass is 9.98. The minimum Gasteiger partial charge on any atom is -0.449 e. The van der Waals surface area contributed by atoms with Gasteiger partial charge >= 0.3 is 6.09 Å². The molecule has 30 heavy (non-hydrogen) atoms. The fourth-order valence-electron chi connectivity index (χ4n) is 3.98. The summed E-state index contributed by atoms with van der Waals surface area (Å²) in [6, 6.07) is 24.8. The Labute approximate surface area is 176 Å². The fourth-order valence-corrected chi connectivity index (χ4v) is 3.98. The van der Waals surface area contributed by atoms with Crippen LogP contribution >= 0.6 is 0 Å². The van der Waals surface area contributed by atoms with Gasteiger partial charge in [-0.05, 0) is 40.8 Å². The first-order valence-corrected chi connectivity index (χ1v) is 10.0. The number of carbonyl (C=O) groups is 2. The summed E-state index contributed by atoms with van der Waals surface area (Å²) in [7, 11) is 0. The molecule has 0 radical (unpaired) electrons. The molecule has 150 valence electrons. The minimum atomic E-state index is -0.780. The van der Waals surface area contributed by atoms with Crippen LogP contribution in [-0.4, -0.2) is 18.5 Å². The van der Waals surface area contributed by atoms with Crippen molar-refractivity contribution in [2.24, 2.45) is 0 Å². The highest BCUT2D eigenvalue weighted by Gasteiger charge is 2.29. The van der Waals surface area contributed by atoms with Gasteiger partial charge in [0.1, 0.15) is 12.6 Å². The normalized spacial score (nSPS) is 13.5. The Morgan fingerprint density at radius 3 is 2.07 bits per heavy atom. The van der Waals surface area contributed by atoms with Crippen LogP contribution in [0, 0.1) is 0 Å². The summed E-state index contributed by atoms with van der Waals surface area (Å²) < 4.78 is 5.59.